The van der Waals surface area contributed by atoms with E-state index in [0.29, 0.717) is 5.92 Å². The van der Waals surface area contributed by atoms with Crippen LogP contribution in [0.1, 0.15) is 35.2 Å². The third kappa shape index (κ3) is 5.09. The van der Waals surface area contributed by atoms with Gasteiger partial charge in [-0.2, -0.15) is 0 Å². The van der Waals surface area contributed by atoms with Gasteiger partial charge in [-0.1, -0.05) is 11.8 Å². The molecule has 8 heteroatoms. The molecule has 3 unspecified atom stereocenters. The summed E-state index contributed by atoms with van der Waals surface area (Å²) in [7, 11) is 2.64. The van der Waals surface area contributed by atoms with Gasteiger partial charge in [0.25, 0.3) is 17.7 Å². The minimum absolute atomic E-state index is 0.202. The number of nitrogens with one attached hydrogen (secondary N) is 2. The Morgan fingerprint density at radius 1 is 1.21 bits per heavy atom. The number of hydroxylamine groups is 1. The van der Waals surface area contributed by atoms with E-state index in [2.05, 4.69) is 17.2 Å². The fourth-order valence-corrected chi connectivity index (χ4v) is 3.24. The lowest BCUT2D eigenvalue weighted by molar-refractivity contribution is -0.140. The van der Waals surface area contributed by atoms with Crippen LogP contribution in [0.3, 0.4) is 0 Å². The van der Waals surface area contributed by atoms with Crippen LogP contribution in [0, 0.1) is 23.7 Å². The van der Waals surface area contributed by atoms with Gasteiger partial charge in [0.1, 0.15) is 0 Å². The van der Waals surface area contributed by atoms with E-state index < -0.39 is 23.8 Å². The molecule has 150 valence electrons. The summed E-state index contributed by atoms with van der Waals surface area (Å²) < 4.78 is 0. The maximum absolute atomic E-state index is 12.6. The summed E-state index contributed by atoms with van der Waals surface area (Å²) in [5, 5.41) is 20.3. The normalized spacial score (nSPS) is 19.1. The van der Waals surface area contributed by atoms with Crippen LogP contribution in [0.25, 0.3) is 0 Å². The quantitative estimate of drug-likeness (QED) is 0.248. The number of aliphatic hydroxyl groups excluding tert-OH is 1. The fraction of sp³-hybridized carbons (Fsp3) is 0.450. The monoisotopic (exact) mass is 387 g/mol. The van der Waals surface area contributed by atoms with Gasteiger partial charge in [-0.3, -0.25) is 19.6 Å². The Kier molecular flexibility index (Phi) is 7.55. The second-order valence-electron chi connectivity index (χ2n) is 6.81. The maximum atomic E-state index is 12.6. The van der Waals surface area contributed by atoms with Gasteiger partial charge in [-0.25, -0.2) is 5.48 Å². The molecule has 1 aromatic carbocycles. The molecule has 0 bridgehead atoms. The molecule has 28 heavy (non-hydrogen) atoms. The number of hydrogen-bond acceptors (Lipinski definition) is 5. The Morgan fingerprint density at radius 3 is 2.43 bits per heavy atom. The number of likely N-dealkylation sites (N-methyl/N-ethyl adjacent to an activating group) is 2. The third-order valence-electron chi connectivity index (χ3n) is 4.91. The molecule has 0 saturated heterocycles. The van der Waals surface area contributed by atoms with E-state index in [1.54, 1.807) is 24.3 Å². The predicted octanol–water partition coefficient (Wildman–Crippen LogP) is 0.139. The first-order valence-electron chi connectivity index (χ1n) is 9.06. The fourth-order valence-electron chi connectivity index (χ4n) is 3.24. The van der Waals surface area contributed by atoms with Crippen molar-refractivity contribution < 1.29 is 24.7 Å². The van der Waals surface area contributed by atoms with Gasteiger partial charge >= 0.3 is 0 Å². The van der Waals surface area contributed by atoms with Crippen LogP contribution in [0.2, 0.25) is 0 Å². The van der Waals surface area contributed by atoms with Gasteiger partial charge < -0.3 is 15.3 Å². The van der Waals surface area contributed by atoms with Crippen LogP contribution < -0.4 is 10.8 Å². The highest BCUT2D eigenvalue weighted by atomic mass is 16.5. The number of carbonyl (C=O) groups is 3. The van der Waals surface area contributed by atoms with E-state index in [4.69, 9.17) is 5.21 Å². The van der Waals surface area contributed by atoms with E-state index in [-0.39, 0.29) is 18.1 Å². The van der Waals surface area contributed by atoms with Crippen LogP contribution >= 0.6 is 0 Å². The van der Waals surface area contributed by atoms with Crippen molar-refractivity contribution >= 4 is 17.7 Å². The number of benzene rings is 1. The van der Waals surface area contributed by atoms with Gasteiger partial charge in [0.2, 0.25) is 0 Å². The van der Waals surface area contributed by atoms with Gasteiger partial charge in [0.15, 0.2) is 6.04 Å². The first kappa shape index (κ1) is 21.4. The summed E-state index contributed by atoms with van der Waals surface area (Å²) in [6, 6.07) is 5.06. The Balaban J connectivity index is 2.08. The van der Waals surface area contributed by atoms with Crippen molar-refractivity contribution in [1.29, 1.82) is 0 Å². The van der Waals surface area contributed by atoms with Crippen LogP contribution in [0.4, 0.5) is 0 Å². The van der Waals surface area contributed by atoms with Crippen molar-refractivity contribution in [3.05, 3.63) is 35.4 Å². The minimum Gasteiger partial charge on any atom is -0.396 e. The molecule has 0 spiro atoms. The highest BCUT2D eigenvalue weighted by Crippen LogP contribution is 2.29. The number of rotatable bonds is 5. The zero-order valence-electron chi connectivity index (χ0n) is 15.9. The van der Waals surface area contributed by atoms with Gasteiger partial charge in [0.05, 0.1) is 0 Å². The van der Waals surface area contributed by atoms with Crippen molar-refractivity contribution in [2.45, 2.75) is 25.3 Å². The summed E-state index contributed by atoms with van der Waals surface area (Å²) in [6.07, 6.45) is 2.87. The topological polar surface area (TPSA) is 119 Å². The first-order chi connectivity index (χ1) is 13.4. The molecule has 1 fully saturated rings. The largest absolute Gasteiger partial charge is 0.396 e. The SMILES string of the molecule is CNC(=O)C(C(=O)NO)N(C)C(=O)c1ccc(C#CC2CCC(CO)C2)cc1. The summed E-state index contributed by atoms with van der Waals surface area (Å²) in [5.74, 6) is 4.63. The second kappa shape index (κ2) is 9.88. The average Bonchev–Trinajstić information content (AvgIpc) is 3.19. The molecule has 0 radical (unpaired) electrons. The average molecular weight is 387 g/mol. The molecular weight excluding hydrogens is 362 g/mol. The maximum Gasteiger partial charge on any atom is 0.275 e. The van der Waals surface area contributed by atoms with E-state index >= 15 is 0 Å². The number of hydrogen-bond donors (Lipinski definition) is 4. The zero-order chi connectivity index (χ0) is 20.7. The molecule has 0 aliphatic heterocycles. The molecule has 4 N–H and O–H groups in total. The smallest absolute Gasteiger partial charge is 0.275 e. The Bertz CT molecular complexity index is 765. The lowest BCUT2D eigenvalue weighted by Gasteiger charge is -2.25. The number of aliphatic hydroxyl groups is 1. The lowest BCUT2D eigenvalue weighted by atomic mass is 10.0. The van der Waals surface area contributed by atoms with Crippen LogP contribution in [0.5, 0.6) is 0 Å². The van der Waals surface area contributed by atoms with Crippen LogP contribution in [-0.4, -0.2) is 59.7 Å². The third-order valence-corrected chi connectivity index (χ3v) is 4.91. The first-order valence-corrected chi connectivity index (χ1v) is 9.06. The van der Waals surface area contributed by atoms with E-state index in [1.165, 1.54) is 19.6 Å². The van der Waals surface area contributed by atoms with Gasteiger partial charge in [-0.15, -0.1) is 0 Å². The molecule has 1 aliphatic rings. The minimum atomic E-state index is -1.50. The summed E-state index contributed by atoms with van der Waals surface area (Å²) in [4.78, 5) is 37.2. The highest BCUT2D eigenvalue weighted by molar-refractivity contribution is 6.08. The van der Waals surface area contributed by atoms with Gasteiger partial charge in [-0.05, 0) is 49.4 Å². The van der Waals surface area contributed by atoms with Crippen molar-refractivity contribution in [3.8, 4) is 11.8 Å². The van der Waals surface area contributed by atoms with Crippen molar-refractivity contribution in [3.63, 3.8) is 0 Å². The highest BCUT2D eigenvalue weighted by Gasteiger charge is 2.33. The second-order valence-corrected chi connectivity index (χ2v) is 6.81. The predicted molar refractivity (Wildman–Crippen MR) is 101 cm³/mol. The van der Waals surface area contributed by atoms with Crippen LogP contribution in [-0.2, 0) is 9.59 Å². The van der Waals surface area contributed by atoms with E-state index in [0.717, 1.165) is 29.7 Å². The molecule has 3 amide bonds. The molecule has 1 saturated carbocycles. The van der Waals surface area contributed by atoms with Gasteiger partial charge in [0, 0.05) is 37.7 Å². The molecule has 0 aromatic heterocycles. The Labute approximate surface area is 163 Å². The van der Waals surface area contributed by atoms with Crippen molar-refractivity contribution in [1.82, 2.24) is 15.7 Å². The number of carbonyl (C=O) groups excluding carboxylic acids is 3. The molecule has 0 heterocycles. The molecular formula is C20H25N3O5. The summed E-state index contributed by atoms with van der Waals surface area (Å²) in [5.41, 5.74) is 2.44. The molecule has 8 nitrogen and oxygen atoms in total. The number of amides is 3. The van der Waals surface area contributed by atoms with Crippen molar-refractivity contribution in [2.75, 3.05) is 20.7 Å². The van der Waals surface area contributed by atoms with E-state index in [9.17, 15) is 19.5 Å². The zero-order valence-corrected chi connectivity index (χ0v) is 15.9. The number of nitrogens with zero attached hydrogens (tertiary/aromatic N) is 1. The van der Waals surface area contributed by atoms with E-state index in [1.807, 2.05) is 0 Å². The molecule has 1 aromatic rings. The Morgan fingerprint density at radius 2 is 1.89 bits per heavy atom. The molecule has 2 rings (SSSR count). The summed E-state index contributed by atoms with van der Waals surface area (Å²) in [6.45, 7) is 0.202. The molecule has 3 atom stereocenters. The van der Waals surface area contributed by atoms with Crippen LogP contribution in [0.15, 0.2) is 24.3 Å². The standard InChI is InChI=1S/C20H25N3O5/c1-21-18(25)17(19(26)22-28)23(2)20(27)16-9-7-13(8-10-16)3-4-14-5-6-15(11-14)12-24/h7-10,14-15,17,24,28H,5-6,11-12H2,1-2H3,(H,21,25)(H,22,26). The van der Waals surface area contributed by atoms with Crippen molar-refractivity contribution in [2.24, 2.45) is 11.8 Å². The Hall–Kier alpha value is -2.89. The lowest BCUT2D eigenvalue weighted by Crippen LogP contribution is -2.54. The molecule has 1 aliphatic carbocycles. The summed E-state index contributed by atoms with van der Waals surface area (Å²) >= 11 is 0.